The summed E-state index contributed by atoms with van der Waals surface area (Å²) in [5.74, 6) is -0.137. The van der Waals surface area contributed by atoms with E-state index >= 15 is 0 Å². The minimum absolute atomic E-state index is 0.0340. The Kier molecular flexibility index (Phi) is 5.11. The number of rotatable bonds is 6. The van der Waals surface area contributed by atoms with Crippen molar-refractivity contribution in [3.05, 3.63) is 59.2 Å². The summed E-state index contributed by atoms with van der Waals surface area (Å²) in [6.45, 7) is 0.416. The first-order chi connectivity index (χ1) is 10.2. The lowest BCUT2D eigenvalue weighted by Gasteiger charge is -2.12. The molecule has 0 spiro atoms. The molecule has 0 bridgehead atoms. The van der Waals surface area contributed by atoms with Gasteiger partial charge in [0.25, 0.3) is 0 Å². The number of hydrogen-bond donors (Lipinski definition) is 1. The molecule has 2 aromatic carbocycles. The molecule has 5 heteroatoms. The average molecular weight is 293 g/mol. The number of ether oxygens (including phenoxy) is 2. The van der Waals surface area contributed by atoms with Gasteiger partial charge in [0.2, 0.25) is 0 Å². The Morgan fingerprint density at radius 3 is 2.57 bits per heavy atom. The van der Waals surface area contributed by atoms with E-state index < -0.39 is 5.82 Å². The summed E-state index contributed by atoms with van der Waals surface area (Å²) in [4.78, 5) is 0. The minimum Gasteiger partial charge on any atom is -0.494 e. The first kappa shape index (κ1) is 15.3. The Morgan fingerprint density at radius 2 is 1.86 bits per heavy atom. The van der Waals surface area contributed by atoms with Crippen molar-refractivity contribution >= 4 is 0 Å². The summed E-state index contributed by atoms with van der Waals surface area (Å²) in [6.07, 6.45) is 0.494. The molecule has 0 saturated carbocycles. The minimum atomic E-state index is -0.456. The van der Waals surface area contributed by atoms with Crippen molar-refractivity contribution in [2.45, 2.75) is 13.0 Å². The number of hydrogen-bond acceptors (Lipinski definition) is 3. The van der Waals surface area contributed by atoms with Gasteiger partial charge in [-0.2, -0.15) is 0 Å². The van der Waals surface area contributed by atoms with E-state index in [0.29, 0.717) is 29.8 Å². The zero-order chi connectivity index (χ0) is 15.2. The van der Waals surface area contributed by atoms with Gasteiger partial charge in [-0.25, -0.2) is 8.78 Å². The van der Waals surface area contributed by atoms with Crippen LogP contribution >= 0.6 is 0 Å². The maximum absolute atomic E-state index is 14.0. The lowest BCUT2D eigenvalue weighted by Crippen LogP contribution is -2.06. The molecule has 0 aliphatic rings. The van der Waals surface area contributed by atoms with Crippen LogP contribution in [0.25, 0.3) is 0 Å². The third-order valence-electron chi connectivity index (χ3n) is 3.08. The summed E-state index contributed by atoms with van der Waals surface area (Å²) in [5, 5.41) is 0. The zero-order valence-electron chi connectivity index (χ0n) is 11.7. The second kappa shape index (κ2) is 7.04. The second-order valence-electron chi connectivity index (χ2n) is 4.51. The number of benzene rings is 2. The Balaban J connectivity index is 2.16. The topological polar surface area (TPSA) is 44.5 Å². The molecule has 0 saturated heterocycles. The van der Waals surface area contributed by atoms with E-state index in [1.807, 2.05) is 0 Å². The van der Waals surface area contributed by atoms with Crippen LogP contribution in [0.3, 0.4) is 0 Å². The average Bonchev–Trinajstić information content (AvgIpc) is 2.48. The van der Waals surface area contributed by atoms with E-state index in [0.717, 1.165) is 0 Å². The van der Waals surface area contributed by atoms with Gasteiger partial charge in [0.15, 0.2) is 11.6 Å². The van der Waals surface area contributed by atoms with E-state index in [4.69, 9.17) is 15.2 Å². The fraction of sp³-hybridized carbons (Fsp3) is 0.250. The molecule has 2 rings (SSSR count). The maximum Gasteiger partial charge on any atom is 0.171 e. The van der Waals surface area contributed by atoms with E-state index in [-0.39, 0.29) is 18.2 Å². The largest absolute Gasteiger partial charge is 0.494 e. The monoisotopic (exact) mass is 293 g/mol. The lowest BCUT2D eigenvalue weighted by molar-refractivity contribution is 0.292. The third-order valence-corrected chi connectivity index (χ3v) is 3.08. The highest BCUT2D eigenvalue weighted by atomic mass is 19.1. The van der Waals surface area contributed by atoms with Crippen molar-refractivity contribution in [1.29, 1.82) is 0 Å². The van der Waals surface area contributed by atoms with Crippen LogP contribution in [0.15, 0.2) is 36.4 Å². The molecular weight excluding hydrogens is 276 g/mol. The molecule has 0 aliphatic carbocycles. The standard InChI is InChI=1S/C16H17F2NO2/c1-20-15-4-2-3-12(16(15)18)10-21-14-6-5-13(17)9-11(14)7-8-19/h2-6,9H,7-8,10,19H2,1H3. The van der Waals surface area contributed by atoms with Crippen molar-refractivity contribution in [2.24, 2.45) is 5.73 Å². The van der Waals surface area contributed by atoms with Crippen LogP contribution in [-0.4, -0.2) is 13.7 Å². The van der Waals surface area contributed by atoms with Crippen molar-refractivity contribution in [3.8, 4) is 11.5 Å². The van der Waals surface area contributed by atoms with Crippen LogP contribution in [0.4, 0.5) is 8.78 Å². The van der Waals surface area contributed by atoms with Gasteiger partial charge >= 0.3 is 0 Å². The smallest absolute Gasteiger partial charge is 0.171 e. The highest BCUT2D eigenvalue weighted by Gasteiger charge is 2.10. The van der Waals surface area contributed by atoms with Gasteiger partial charge in [-0.05, 0) is 42.8 Å². The normalized spacial score (nSPS) is 10.5. The molecule has 0 aromatic heterocycles. The molecule has 0 unspecified atom stereocenters. The SMILES string of the molecule is COc1cccc(COc2ccc(F)cc2CCN)c1F. The molecule has 2 N–H and O–H groups in total. The lowest BCUT2D eigenvalue weighted by atomic mass is 10.1. The van der Waals surface area contributed by atoms with Gasteiger partial charge in [0, 0.05) is 5.56 Å². The van der Waals surface area contributed by atoms with Crippen LogP contribution in [0, 0.1) is 11.6 Å². The summed E-state index contributed by atoms with van der Waals surface area (Å²) < 4.78 is 37.7. The van der Waals surface area contributed by atoms with E-state index in [1.165, 1.54) is 31.4 Å². The quantitative estimate of drug-likeness (QED) is 0.890. The van der Waals surface area contributed by atoms with Gasteiger partial charge in [-0.1, -0.05) is 12.1 Å². The molecule has 0 atom stereocenters. The first-order valence-electron chi connectivity index (χ1n) is 6.58. The van der Waals surface area contributed by atoms with E-state index in [2.05, 4.69) is 0 Å². The van der Waals surface area contributed by atoms with Crippen molar-refractivity contribution in [1.82, 2.24) is 0 Å². The molecule has 112 valence electrons. The molecule has 0 amide bonds. The maximum atomic E-state index is 14.0. The van der Waals surface area contributed by atoms with Crippen LogP contribution in [0.5, 0.6) is 11.5 Å². The molecule has 2 aromatic rings. The van der Waals surface area contributed by atoms with Gasteiger partial charge in [0.05, 0.1) is 7.11 Å². The van der Waals surface area contributed by atoms with Crippen LogP contribution < -0.4 is 15.2 Å². The first-order valence-corrected chi connectivity index (χ1v) is 6.58. The summed E-state index contributed by atoms with van der Waals surface area (Å²) >= 11 is 0. The van der Waals surface area contributed by atoms with Crippen LogP contribution in [-0.2, 0) is 13.0 Å². The molecular formula is C16H17F2NO2. The Morgan fingerprint density at radius 1 is 1.05 bits per heavy atom. The fourth-order valence-electron chi connectivity index (χ4n) is 2.02. The van der Waals surface area contributed by atoms with Gasteiger partial charge < -0.3 is 15.2 Å². The Bertz CT molecular complexity index is 617. The van der Waals surface area contributed by atoms with Crippen LogP contribution in [0.2, 0.25) is 0 Å². The molecule has 0 aliphatic heterocycles. The highest BCUT2D eigenvalue weighted by Crippen LogP contribution is 2.24. The number of nitrogens with two attached hydrogens (primary N) is 1. The third kappa shape index (κ3) is 3.70. The van der Waals surface area contributed by atoms with Crippen molar-refractivity contribution in [3.63, 3.8) is 0 Å². The zero-order valence-corrected chi connectivity index (χ0v) is 11.7. The number of methoxy groups -OCH3 is 1. The summed E-state index contributed by atoms with van der Waals surface area (Å²) in [6, 6.07) is 9.05. The molecule has 3 nitrogen and oxygen atoms in total. The molecule has 0 heterocycles. The fourth-order valence-corrected chi connectivity index (χ4v) is 2.02. The van der Waals surface area contributed by atoms with E-state index in [1.54, 1.807) is 12.1 Å². The molecule has 0 radical (unpaired) electrons. The summed E-state index contributed by atoms with van der Waals surface area (Å²) in [5.41, 5.74) is 6.53. The van der Waals surface area contributed by atoms with Gasteiger partial charge in [-0.3, -0.25) is 0 Å². The molecule has 21 heavy (non-hydrogen) atoms. The van der Waals surface area contributed by atoms with Gasteiger partial charge in [-0.15, -0.1) is 0 Å². The summed E-state index contributed by atoms with van der Waals surface area (Å²) in [7, 11) is 1.41. The predicted molar refractivity (Wildman–Crippen MR) is 76.4 cm³/mol. The van der Waals surface area contributed by atoms with E-state index in [9.17, 15) is 8.78 Å². The highest BCUT2D eigenvalue weighted by molar-refractivity contribution is 5.35. The predicted octanol–water partition coefficient (Wildman–Crippen LogP) is 3.05. The van der Waals surface area contributed by atoms with Crippen molar-refractivity contribution in [2.75, 3.05) is 13.7 Å². The van der Waals surface area contributed by atoms with Crippen molar-refractivity contribution < 1.29 is 18.3 Å². The van der Waals surface area contributed by atoms with Gasteiger partial charge in [0.1, 0.15) is 18.2 Å². The Hall–Kier alpha value is -2.14. The van der Waals surface area contributed by atoms with Crippen LogP contribution in [0.1, 0.15) is 11.1 Å². The Labute approximate surface area is 122 Å². The second-order valence-corrected chi connectivity index (χ2v) is 4.51. The number of halogens is 2. The molecule has 0 fully saturated rings.